The molecule has 0 atom stereocenters. The van der Waals surface area contributed by atoms with Crippen LogP contribution in [0.3, 0.4) is 0 Å². The van der Waals surface area contributed by atoms with Crippen molar-refractivity contribution in [2.75, 3.05) is 25.2 Å². The first-order valence-corrected chi connectivity index (χ1v) is 9.53. The van der Waals surface area contributed by atoms with Crippen molar-refractivity contribution in [3.63, 3.8) is 0 Å². The van der Waals surface area contributed by atoms with Gasteiger partial charge in [-0.1, -0.05) is 0 Å². The first kappa shape index (κ1) is 19.4. The summed E-state index contributed by atoms with van der Waals surface area (Å²) in [5.41, 5.74) is 0.406. The molecule has 0 aromatic heterocycles. The van der Waals surface area contributed by atoms with E-state index in [1.54, 1.807) is 0 Å². The molecule has 5 nitrogen and oxygen atoms in total. The van der Waals surface area contributed by atoms with Gasteiger partial charge in [-0.3, -0.25) is 4.79 Å². The van der Waals surface area contributed by atoms with Gasteiger partial charge in [-0.2, -0.15) is 0 Å². The van der Waals surface area contributed by atoms with E-state index in [4.69, 9.17) is 0 Å². The van der Waals surface area contributed by atoms with E-state index in [9.17, 15) is 22.0 Å². The maximum absolute atomic E-state index is 13.5. The van der Waals surface area contributed by atoms with Crippen molar-refractivity contribution in [3.8, 4) is 0 Å². The molecular formula is C16H16F2N2O3S2. The predicted octanol–water partition coefficient (Wildman–Crippen LogP) is 2.95. The Morgan fingerprint density at radius 1 is 1.12 bits per heavy atom. The number of nitrogens with zero attached hydrogens (tertiary/aromatic N) is 1. The quantitative estimate of drug-likeness (QED) is 0.776. The molecule has 0 saturated heterocycles. The minimum absolute atomic E-state index is 0.0441. The lowest BCUT2D eigenvalue weighted by molar-refractivity contribution is -0.113. The number of benzene rings is 2. The summed E-state index contributed by atoms with van der Waals surface area (Å²) in [5, 5.41) is 2.57. The molecule has 0 radical (unpaired) electrons. The average Bonchev–Trinajstić information content (AvgIpc) is 2.56. The minimum atomic E-state index is -3.54. The fraction of sp³-hybridized carbons (Fsp3) is 0.188. The van der Waals surface area contributed by atoms with Crippen LogP contribution in [0.2, 0.25) is 0 Å². The number of anilines is 1. The molecule has 9 heteroatoms. The van der Waals surface area contributed by atoms with Gasteiger partial charge < -0.3 is 5.32 Å². The maximum Gasteiger partial charge on any atom is 0.242 e. The number of hydrogen-bond acceptors (Lipinski definition) is 4. The molecule has 1 amide bonds. The molecule has 0 aliphatic heterocycles. The number of thioether (sulfide) groups is 1. The number of carbonyl (C=O) groups excluding carboxylic acids is 1. The van der Waals surface area contributed by atoms with Crippen molar-refractivity contribution in [2.24, 2.45) is 0 Å². The summed E-state index contributed by atoms with van der Waals surface area (Å²) in [6.45, 7) is 0. The lowest BCUT2D eigenvalue weighted by Crippen LogP contribution is -2.22. The van der Waals surface area contributed by atoms with E-state index in [0.29, 0.717) is 5.69 Å². The molecule has 2 rings (SSSR count). The van der Waals surface area contributed by atoms with E-state index in [-0.39, 0.29) is 15.5 Å². The van der Waals surface area contributed by atoms with E-state index in [0.717, 1.165) is 34.3 Å². The Morgan fingerprint density at radius 3 is 2.36 bits per heavy atom. The Morgan fingerprint density at radius 2 is 1.76 bits per heavy atom. The van der Waals surface area contributed by atoms with E-state index < -0.39 is 27.6 Å². The van der Waals surface area contributed by atoms with Gasteiger partial charge in [0.15, 0.2) is 0 Å². The molecular weight excluding hydrogens is 370 g/mol. The molecule has 0 aliphatic rings. The summed E-state index contributed by atoms with van der Waals surface area (Å²) in [7, 11) is -0.689. The SMILES string of the molecule is CN(C)S(=O)(=O)c1ccc(NC(=O)CSc2cc(F)ccc2F)cc1. The lowest BCUT2D eigenvalue weighted by atomic mass is 10.3. The molecule has 0 spiro atoms. The standard InChI is InChI=1S/C16H16F2N2O3S2/c1-20(2)25(22,23)13-6-4-12(5-7-13)19-16(21)10-24-15-9-11(17)3-8-14(15)18/h3-9H,10H2,1-2H3,(H,19,21). The second kappa shape index (κ2) is 7.94. The van der Waals surface area contributed by atoms with Gasteiger partial charge in [0.1, 0.15) is 11.6 Å². The number of amides is 1. The van der Waals surface area contributed by atoms with Crippen LogP contribution in [0.1, 0.15) is 0 Å². The Labute approximate surface area is 149 Å². The number of rotatable bonds is 6. The van der Waals surface area contributed by atoms with Gasteiger partial charge in [0.25, 0.3) is 0 Å². The smallest absolute Gasteiger partial charge is 0.242 e. The number of nitrogens with one attached hydrogen (secondary N) is 1. The molecule has 0 aliphatic carbocycles. The molecule has 134 valence electrons. The fourth-order valence-electron chi connectivity index (χ4n) is 1.85. The summed E-state index contributed by atoms with van der Waals surface area (Å²) in [6, 6.07) is 8.70. The molecule has 0 heterocycles. The molecule has 25 heavy (non-hydrogen) atoms. The summed E-state index contributed by atoms with van der Waals surface area (Å²) < 4.78 is 51.6. The van der Waals surface area contributed by atoms with Gasteiger partial charge in [0.05, 0.1) is 10.6 Å². The largest absolute Gasteiger partial charge is 0.325 e. The van der Waals surface area contributed by atoms with Gasteiger partial charge in [-0.05, 0) is 42.5 Å². The second-order valence-corrected chi connectivity index (χ2v) is 8.39. The van der Waals surface area contributed by atoms with E-state index in [1.165, 1.54) is 38.4 Å². The highest BCUT2D eigenvalue weighted by molar-refractivity contribution is 8.00. The fourth-order valence-corrected chi connectivity index (χ4v) is 3.51. The molecule has 0 saturated carbocycles. The molecule has 0 fully saturated rings. The van der Waals surface area contributed by atoms with E-state index >= 15 is 0 Å². The Kier molecular flexibility index (Phi) is 6.15. The normalized spacial score (nSPS) is 11.6. The number of carbonyl (C=O) groups is 1. The van der Waals surface area contributed by atoms with Crippen LogP contribution in [0.4, 0.5) is 14.5 Å². The zero-order valence-electron chi connectivity index (χ0n) is 13.5. The van der Waals surface area contributed by atoms with Crippen LogP contribution in [0.15, 0.2) is 52.3 Å². The maximum atomic E-state index is 13.5. The van der Waals surface area contributed by atoms with E-state index in [2.05, 4.69) is 5.32 Å². The Balaban J connectivity index is 1.98. The van der Waals surface area contributed by atoms with Gasteiger partial charge in [-0.15, -0.1) is 11.8 Å². The highest BCUT2D eigenvalue weighted by Crippen LogP contribution is 2.23. The third-order valence-electron chi connectivity index (χ3n) is 3.17. The van der Waals surface area contributed by atoms with Crippen molar-refractivity contribution >= 4 is 33.4 Å². The number of halogens is 2. The Bertz CT molecular complexity index is 869. The highest BCUT2D eigenvalue weighted by atomic mass is 32.2. The minimum Gasteiger partial charge on any atom is -0.325 e. The molecule has 0 bridgehead atoms. The first-order chi connectivity index (χ1) is 11.7. The van der Waals surface area contributed by atoms with Crippen LogP contribution in [0.5, 0.6) is 0 Å². The van der Waals surface area contributed by atoms with Gasteiger partial charge in [-0.25, -0.2) is 21.5 Å². The Hall–Kier alpha value is -1.97. The van der Waals surface area contributed by atoms with Gasteiger partial charge in [0, 0.05) is 24.7 Å². The van der Waals surface area contributed by atoms with E-state index in [1.807, 2.05) is 0 Å². The average molecular weight is 386 g/mol. The van der Waals surface area contributed by atoms with Crippen LogP contribution < -0.4 is 5.32 Å². The third kappa shape index (κ3) is 5.00. The number of hydrogen-bond donors (Lipinski definition) is 1. The second-order valence-electron chi connectivity index (χ2n) is 5.22. The summed E-state index contributed by atoms with van der Waals surface area (Å²) >= 11 is 0.870. The highest BCUT2D eigenvalue weighted by Gasteiger charge is 2.16. The lowest BCUT2D eigenvalue weighted by Gasteiger charge is -2.12. The zero-order valence-corrected chi connectivity index (χ0v) is 15.1. The molecule has 2 aromatic rings. The van der Waals surface area contributed by atoms with Gasteiger partial charge >= 0.3 is 0 Å². The number of sulfonamides is 1. The van der Waals surface area contributed by atoms with Crippen LogP contribution in [-0.4, -0.2) is 38.5 Å². The summed E-state index contributed by atoms with van der Waals surface area (Å²) in [6.07, 6.45) is 0. The molecule has 2 aromatic carbocycles. The molecule has 1 N–H and O–H groups in total. The topological polar surface area (TPSA) is 66.5 Å². The van der Waals surface area contributed by atoms with Crippen LogP contribution in [-0.2, 0) is 14.8 Å². The van der Waals surface area contributed by atoms with Crippen molar-refractivity contribution in [2.45, 2.75) is 9.79 Å². The van der Waals surface area contributed by atoms with Crippen molar-refractivity contribution in [1.29, 1.82) is 0 Å². The summed E-state index contributed by atoms with van der Waals surface area (Å²) in [5.74, 6) is -1.71. The zero-order chi connectivity index (χ0) is 18.6. The van der Waals surface area contributed by atoms with Crippen LogP contribution in [0, 0.1) is 11.6 Å². The monoisotopic (exact) mass is 386 g/mol. The van der Waals surface area contributed by atoms with Crippen LogP contribution >= 0.6 is 11.8 Å². The van der Waals surface area contributed by atoms with Gasteiger partial charge in [0.2, 0.25) is 15.9 Å². The van der Waals surface area contributed by atoms with Crippen molar-refractivity contribution in [1.82, 2.24) is 4.31 Å². The summed E-state index contributed by atoms with van der Waals surface area (Å²) in [4.78, 5) is 12.0. The van der Waals surface area contributed by atoms with Crippen LogP contribution in [0.25, 0.3) is 0 Å². The first-order valence-electron chi connectivity index (χ1n) is 7.10. The third-order valence-corrected chi connectivity index (χ3v) is 6.03. The predicted molar refractivity (Wildman–Crippen MR) is 93.0 cm³/mol. The molecule has 0 unspecified atom stereocenters. The van der Waals surface area contributed by atoms with Crippen molar-refractivity contribution in [3.05, 3.63) is 54.1 Å². The van der Waals surface area contributed by atoms with Crippen molar-refractivity contribution < 1.29 is 22.0 Å².